The van der Waals surface area contributed by atoms with Crippen molar-refractivity contribution in [1.29, 1.82) is 0 Å². The van der Waals surface area contributed by atoms with Crippen LogP contribution < -0.4 is 10.2 Å². The molecule has 7 nitrogen and oxygen atoms in total. The minimum Gasteiger partial charge on any atom is -0.373 e. The summed E-state index contributed by atoms with van der Waals surface area (Å²) < 4.78 is 16.3. The fourth-order valence-electron chi connectivity index (χ4n) is 5.46. The summed E-state index contributed by atoms with van der Waals surface area (Å²) >= 11 is 0. The summed E-state index contributed by atoms with van der Waals surface area (Å²) in [5, 5.41) is 3.21. The number of hydrogen-bond acceptors (Lipinski definition) is 6. The highest BCUT2D eigenvalue weighted by Crippen LogP contribution is 2.34. The predicted octanol–water partition coefficient (Wildman–Crippen LogP) is 5.51. The maximum Gasteiger partial charge on any atom is 0.137 e. The minimum absolute atomic E-state index is 0.177. The number of nitrogens with one attached hydrogen (secondary N) is 1. The summed E-state index contributed by atoms with van der Waals surface area (Å²) in [6, 6.07) is 5.80. The first-order valence-electron chi connectivity index (χ1n) is 13.7. The van der Waals surface area contributed by atoms with Crippen molar-refractivity contribution in [3.8, 4) is 11.3 Å². The number of rotatable bonds is 10. The van der Waals surface area contributed by atoms with Gasteiger partial charge in [-0.15, -0.1) is 0 Å². The molecule has 0 saturated carbocycles. The van der Waals surface area contributed by atoms with E-state index in [2.05, 4.69) is 63.5 Å². The Bertz CT molecular complexity index is 1180. The minimum atomic E-state index is -0.177. The second kappa shape index (κ2) is 12.0. The Kier molecular flexibility index (Phi) is 8.79. The van der Waals surface area contributed by atoms with Crippen molar-refractivity contribution < 1.29 is 4.39 Å². The molecule has 0 radical (unpaired) electrons. The van der Waals surface area contributed by atoms with Crippen LogP contribution in [0.1, 0.15) is 63.4 Å². The number of hydrogen-bond donors (Lipinski definition) is 1. The van der Waals surface area contributed by atoms with Crippen molar-refractivity contribution in [3.05, 3.63) is 53.5 Å². The van der Waals surface area contributed by atoms with E-state index in [1.807, 2.05) is 26.1 Å². The third-order valence-electron chi connectivity index (χ3n) is 7.70. The Morgan fingerprint density at radius 3 is 2.54 bits per heavy atom. The lowest BCUT2D eigenvalue weighted by Gasteiger charge is -2.34. The molecule has 200 valence electrons. The lowest BCUT2D eigenvalue weighted by molar-refractivity contribution is 0.223. The topological polar surface area (TPSA) is 62.1 Å². The van der Waals surface area contributed by atoms with E-state index >= 15 is 0 Å². The van der Waals surface area contributed by atoms with Gasteiger partial charge in [0.15, 0.2) is 0 Å². The van der Waals surface area contributed by atoms with Crippen molar-refractivity contribution >= 4 is 11.6 Å². The normalized spacial score (nSPS) is 14.7. The number of anilines is 2. The van der Waals surface area contributed by atoms with E-state index in [1.165, 1.54) is 5.56 Å². The Morgan fingerprint density at radius 2 is 1.92 bits per heavy atom. The van der Waals surface area contributed by atoms with Gasteiger partial charge in [-0.25, -0.2) is 19.3 Å². The van der Waals surface area contributed by atoms with E-state index in [-0.39, 0.29) is 5.82 Å². The number of likely N-dealkylation sites (N-methyl/N-ethyl adjacent to an activating group) is 1. The van der Waals surface area contributed by atoms with E-state index in [0.29, 0.717) is 17.5 Å². The molecule has 1 saturated heterocycles. The van der Waals surface area contributed by atoms with Crippen molar-refractivity contribution in [2.24, 2.45) is 0 Å². The molecule has 37 heavy (non-hydrogen) atoms. The van der Waals surface area contributed by atoms with Gasteiger partial charge in [0.2, 0.25) is 0 Å². The summed E-state index contributed by atoms with van der Waals surface area (Å²) in [4.78, 5) is 19.1. The number of imidazole rings is 1. The average molecular weight is 508 g/mol. The van der Waals surface area contributed by atoms with Gasteiger partial charge in [0.1, 0.15) is 29.6 Å². The first-order valence-corrected chi connectivity index (χ1v) is 13.7. The number of aryl methyl sites for hydroxylation is 1. The summed E-state index contributed by atoms with van der Waals surface area (Å²) in [6.45, 7) is 15.4. The summed E-state index contributed by atoms with van der Waals surface area (Å²) in [5.74, 6) is 3.29. The van der Waals surface area contributed by atoms with Gasteiger partial charge in [-0.2, -0.15) is 0 Å². The molecule has 0 spiro atoms. The number of aromatic nitrogens is 4. The zero-order chi connectivity index (χ0) is 26.5. The first kappa shape index (κ1) is 27.0. The molecule has 0 bridgehead atoms. The number of benzene rings is 1. The van der Waals surface area contributed by atoms with Gasteiger partial charge in [0.25, 0.3) is 0 Å². The number of piperidine rings is 1. The highest BCUT2D eigenvalue weighted by molar-refractivity contribution is 5.60. The van der Waals surface area contributed by atoms with Crippen LogP contribution in [0.5, 0.6) is 0 Å². The lowest BCUT2D eigenvalue weighted by Crippen LogP contribution is -2.36. The molecule has 0 amide bonds. The zero-order valence-corrected chi connectivity index (χ0v) is 23.3. The van der Waals surface area contributed by atoms with E-state index in [0.717, 1.165) is 80.7 Å². The molecule has 1 fully saturated rings. The molecule has 3 aromatic rings. The van der Waals surface area contributed by atoms with Crippen LogP contribution in [0.3, 0.4) is 0 Å². The van der Waals surface area contributed by atoms with Crippen LogP contribution in [0.2, 0.25) is 0 Å². The van der Waals surface area contributed by atoms with Crippen LogP contribution in [0.15, 0.2) is 30.7 Å². The molecule has 0 aliphatic carbocycles. The van der Waals surface area contributed by atoms with Crippen LogP contribution in [-0.2, 0) is 13.0 Å². The maximum absolute atomic E-state index is 13.9. The first-order chi connectivity index (χ1) is 17.9. The Labute approximate surface area is 221 Å². The second-order valence-electron chi connectivity index (χ2n) is 10.3. The highest BCUT2D eigenvalue weighted by atomic mass is 19.1. The van der Waals surface area contributed by atoms with Crippen molar-refractivity contribution in [1.82, 2.24) is 24.4 Å². The van der Waals surface area contributed by atoms with Crippen molar-refractivity contribution in [3.63, 3.8) is 0 Å². The Morgan fingerprint density at radius 1 is 1.16 bits per heavy atom. The molecule has 2 aromatic heterocycles. The van der Waals surface area contributed by atoms with Crippen LogP contribution in [0.25, 0.3) is 11.3 Å². The summed E-state index contributed by atoms with van der Waals surface area (Å²) in [5.41, 5.74) is 3.72. The highest BCUT2D eigenvalue weighted by Gasteiger charge is 2.27. The van der Waals surface area contributed by atoms with Gasteiger partial charge in [-0.1, -0.05) is 13.8 Å². The fourth-order valence-corrected chi connectivity index (χ4v) is 5.46. The quantitative estimate of drug-likeness (QED) is 0.391. The number of nitrogens with zero attached hydrogens (tertiary/aromatic N) is 6. The van der Waals surface area contributed by atoms with Crippen molar-refractivity contribution in [2.75, 3.05) is 43.4 Å². The maximum atomic E-state index is 13.9. The standard InChI is InChI=1S/C29H42FN7/c1-7-24-27(31-6)32-19-33-29(24)36-13-11-22(12-14-36)28-34-26(23-9-10-25(30)21(5)17-23)18-37(28)16-15-35(8-2)20(3)4/h9-10,17-20,22H,7-8,11-16H2,1-6H3,(H,31,32,33). The summed E-state index contributed by atoms with van der Waals surface area (Å²) in [6.07, 6.45) is 6.75. The molecule has 1 aromatic carbocycles. The number of halogens is 1. The Balaban J connectivity index is 1.58. The molecule has 1 aliphatic rings. The monoisotopic (exact) mass is 507 g/mol. The predicted molar refractivity (Wildman–Crippen MR) is 150 cm³/mol. The van der Waals surface area contributed by atoms with Gasteiger partial charge in [-0.05, 0) is 70.3 Å². The smallest absolute Gasteiger partial charge is 0.137 e. The third kappa shape index (κ3) is 5.95. The van der Waals surface area contributed by atoms with Gasteiger partial charge >= 0.3 is 0 Å². The molecular weight excluding hydrogens is 465 g/mol. The fraction of sp³-hybridized carbons (Fsp3) is 0.552. The van der Waals surface area contributed by atoms with E-state index in [9.17, 15) is 4.39 Å². The molecule has 8 heteroatoms. The van der Waals surface area contributed by atoms with Crippen LogP contribution >= 0.6 is 0 Å². The van der Waals surface area contributed by atoms with Gasteiger partial charge in [0.05, 0.1) is 5.69 Å². The second-order valence-corrected chi connectivity index (χ2v) is 10.3. The molecule has 4 rings (SSSR count). The lowest BCUT2D eigenvalue weighted by atomic mass is 9.95. The van der Waals surface area contributed by atoms with Crippen LogP contribution in [0, 0.1) is 12.7 Å². The van der Waals surface area contributed by atoms with E-state index in [1.54, 1.807) is 12.4 Å². The van der Waals surface area contributed by atoms with Crippen LogP contribution in [-0.4, -0.2) is 63.7 Å². The SMILES string of the molecule is CCc1c(NC)ncnc1N1CCC(c2nc(-c3ccc(F)c(C)c3)cn2CCN(CC)C(C)C)CC1. The molecule has 0 atom stereocenters. The van der Waals surface area contributed by atoms with Gasteiger partial charge < -0.3 is 14.8 Å². The summed E-state index contributed by atoms with van der Waals surface area (Å²) in [7, 11) is 1.91. The van der Waals surface area contributed by atoms with E-state index in [4.69, 9.17) is 4.98 Å². The van der Waals surface area contributed by atoms with Crippen LogP contribution in [0.4, 0.5) is 16.0 Å². The molecular formula is C29H42FN7. The molecule has 1 aliphatic heterocycles. The Hall–Kier alpha value is -3.00. The molecule has 3 heterocycles. The molecule has 1 N–H and O–H groups in total. The average Bonchev–Trinajstić information content (AvgIpc) is 3.34. The third-order valence-corrected chi connectivity index (χ3v) is 7.70. The van der Waals surface area contributed by atoms with Gasteiger partial charge in [0, 0.05) is 62.5 Å². The molecule has 0 unspecified atom stereocenters. The van der Waals surface area contributed by atoms with Gasteiger partial charge in [-0.3, -0.25) is 4.90 Å². The zero-order valence-electron chi connectivity index (χ0n) is 23.3. The largest absolute Gasteiger partial charge is 0.373 e. The van der Waals surface area contributed by atoms with E-state index < -0.39 is 0 Å². The van der Waals surface area contributed by atoms with Crippen molar-refractivity contribution in [2.45, 2.75) is 72.4 Å².